The van der Waals surface area contributed by atoms with Gasteiger partial charge in [0.05, 0.1) is 0 Å². The Hall–Kier alpha value is -13.1. The molecule has 18 aromatic carbocycles. The van der Waals surface area contributed by atoms with Gasteiger partial charge in [-0.15, -0.1) is 34.0 Å². The van der Waals surface area contributed by atoms with Crippen LogP contribution in [0.25, 0.3) is 191 Å². The highest BCUT2D eigenvalue weighted by Gasteiger charge is 2.17. The van der Waals surface area contributed by atoms with Crippen LogP contribution < -0.4 is 0 Å². The van der Waals surface area contributed by atoms with E-state index in [4.69, 9.17) is 13.3 Å². The third-order valence-electron chi connectivity index (χ3n) is 22.3. The number of hydrogen-bond donors (Lipinski definition) is 0. The summed E-state index contributed by atoms with van der Waals surface area (Å²) >= 11 is 5.69. The van der Waals surface area contributed by atoms with Gasteiger partial charge in [-0.05, 0) is 179 Å². The maximum atomic E-state index is 5.99. The zero-order valence-corrected chi connectivity index (χ0v) is 66.8. The Labute approximate surface area is 671 Å². The normalized spacial score (nSPS) is 11.5. The van der Waals surface area contributed by atoms with Crippen LogP contribution in [-0.2, 0) is 7.05 Å². The molecule has 0 aliphatic heterocycles. The Morgan fingerprint density at radius 3 is 1.22 bits per heavy atom. The minimum absolute atomic E-state index is 0.965. The zero-order chi connectivity index (χ0) is 77.1. The number of furan rings is 3. The third kappa shape index (κ3) is 12.9. The van der Waals surface area contributed by atoms with Crippen LogP contribution in [0.5, 0.6) is 0 Å². The molecule has 0 saturated heterocycles. The van der Waals surface area contributed by atoms with E-state index in [1.54, 1.807) is 0 Å². The van der Waals surface area contributed by atoms with Crippen molar-refractivity contribution in [3.05, 3.63) is 385 Å². The van der Waals surface area contributed by atoms with Gasteiger partial charge in [-0.2, -0.15) is 0 Å². The fourth-order valence-corrected chi connectivity index (χ4v) is 20.3. The lowest BCUT2D eigenvalue weighted by atomic mass is 10.0. The molecule has 0 N–H and O–H groups in total. The van der Waals surface area contributed by atoms with Gasteiger partial charge in [0, 0.05) is 122 Å². The molecular weight excluding hydrogens is 1440 g/mol. The van der Waals surface area contributed by atoms with E-state index in [1.807, 2.05) is 64.3 Å². The van der Waals surface area contributed by atoms with Gasteiger partial charge < -0.3 is 17.8 Å². The van der Waals surface area contributed by atoms with E-state index in [-0.39, 0.29) is 0 Å². The third-order valence-corrected chi connectivity index (χ3v) is 26.2. The van der Waals surface area contributed by atoms with Crippen LogP contribution in [0.3, 0.4) is 0 Å². The highest BCUT2D eigenvalue weighted by Crippen LogP contribution is 2.44. The molecule has 0 amide bonds. The number of aromatic nitrogens is 1. The van der Waals surface area contributed by atoms with Gasteiger partial charge in [-0.25, -0.2) is 0 Å². The smallest absolute Gasteiger partial charge is 0.138 e. The molecule has 7 heterocycles. The zero-order valence-electron chi connectivity index (χ0n) is 64.4. The SMILES string of the molecule is Cc1cc2ccccc2c2c1oc1ccccc12.Cc1cc2ccccc2c2c1sc1ccccc12.Cc1cccc2c1oc1ccc3ccccc3c12.Cc1cccc2c1oc1ccccc12.Cc1cccc2c1sc1ccc3ccccc3c12.Cc1cccc2c1sc1ccccc12.Cn1c2ccccc2c2ccccc21. The summed E-state index contributed by atoms with van der Waals surface area (Å²) in [6.45, 7) is 12.9. The van der Waals surface area contributed by atoms with E-state index < -0.39 is 0 Å². The fraction of sp³-hybridized carbons (Fsp3) is 0.0654. The average Bonchev–Trinajstić information content (AvgIpc) is 1.60. The molecule has 114 heavy (non-hydrogen) atoms. The number of hydrogen-bond acceptors (Lipinski definition) is 6. The van der Waals surface area contributed by atoms with Gasteiger partial charge in [-0.1, -0.05) is 291 Å². The molecule has 548 valence electrons. The van der Waals surface area contributed by atoms with E-state index in [1.165, 1.54) is 191 Å². The molecule has 0 bridgehead atoms. The lowest BCUT2D eigenvalue weighted by Gasteiger charge is -2.03. The highest BCUT2D eigenvalue weighted by atomic mass is 32.1. The number of thiophene rings is 3. The second-order valence-corrected chi connectivity index (χ2v) is 32.7. The lowest BCUT2D eigenvalue weighted by molar-refractivity contribution is 0.665. The molecule has 0 fully saturated rings. The Morgan fingerprint density at radius 2 is 0.588 bits per heavy atom. The van der Waals surface area contributed by atoms with E-state index in [0.717, 1.165) is 33.5 Å². The topological polar surface area (TPSA) is 44.4 Å². The molecule has 7 aromatic heterocycles. The van der Waals surface area contributed by atoms with Crippen molar-refractivity contribution < 1.29 is 13.3 Å². The van der Waals surface area contributed by atoms with Gasteiger partial charge in [-0.3, -0.25) is 0 Å². The Morgan fingerprint density at radius 1 is 0.202 bits per heavy atom. The maximum Gasteiger partial charge on any atom is 0.138 e. The van der Waals surface area contributed by atoms with E-state index in [2.05, 4.69) is 375 Å². The summed E-state index contributed by atoms with van der Waals surface area (Å²) in [5.41, 5.74) is 16.2. The summed E-state index contributed by atoms with van der Waals surface area (Å²) in [5.74, 6) is 0. The molecule has 0 unspecified atom stereocenters. The number of nitrogens with zero attached hydrogens (tertiary/aromatic N) is 1. The van der Waals surface area contributed by atoms with Gasteiger partial charge in [0.15, 0.2) is 0 Å². The standard InChI is InChI=1S/2C17H12O.2C17H12S.C13H11N.C13H10O.C13H10S/c1-11-5-4-8-14-16-13-7-3-2-6-12(13)9-10-15(16)18-17(11)14;1-11-10-12-6-2-3-7-13(12)16-14-8-4-5-9-15(14)18-17(11)16;1-11-5-4-8-14-16-13-7-3-2-6-12(13)9-10-15(16)18-17(11)14;1-11-10-12-6-2-3-7-13(12)16-14-8-4-5-9-15(14)18-17(11)16;1-14-12-8-4-2-6-10(12)11-7-3-5-9-13(11)14;2*1-9-5-4-7-11-10-6-2-3-8-12(10)14-13(9)11/h4*2-10H,1H3;2-9H,1H3;2*2-8H,1H3. The van der Waals surface area contributed by atoms with Crippen molar-refractivity contribution in [1.29, 1.82) is 0 Å². The average molecular weight is 1520 g/mol. The Kier molecular flexibility index (Phi) is 18.8. The summed E-state index contributed by atoms with van der Waals surface area (Å²) in [7, 11) is 2.12. The van der Waals surface area contributed by atoms with E-state index in [0.29, 0.717) is 0 Å². The minimum Gasteiger partial charge on any atom is -0.456 e. The molecule has 25 aromatic rings. The van der Waals surface area contributed by atoms with Crippen LogP contribution in [0.4, 0.5) is 0 Å². The van der Waals surface area contributed by atoms with Crippen LogP contribution >= 0.6 is 34.0 Å². The van der Waals surface area contributed by atoms with Crippen molar-refractivity contribution >= 4 is 225 Å². The minimum atomic E-state index is 0.965. The molecule has 0 atom stereocenters. The molecule has 4 nitrogen and oxygen atoms in total. The largest absolute Gasteiger partial charge is 0.456 e. The van der Waals surface area contributed by atoms with Gasteiger partial charge in [0.2, 0.25) is 0 Å². The predicted octanol–water partition coefficient (Wildman–Crippen LogP) is 32.7. The molecule has 0 spiro atoms. The van der Waals surface area contributed by atoms with Crippen molar-refractivity contribution in [1.82, 2.24) is 4.57 Å². The van der Waals surface area contributed by atoms with Crippen molar-refractivity contribution in [3.8, 4) is 0 Å². The molecule has 0 saturated carbocycles. The molecule has 25 rings (SSSR count). The highest BCUT2D eigenvalue weighted by molar-refractivity contribution is 7.27. The van der Waals surface area contributed by atoms with Crippen LogP contribution in [0.1, 0.15) is 33.4 Å². The molecule has 0 radical (unpaired) electrons. The molecular formula is C107H79NO3S3. The number of fused-ring (bicyclic) bond motifs is 29. The first kappa shape index (κ1) is 71.2. The lowest BCUT2D eigenvalue weighted by Crippen LogP contribution is -1.84. The number of aryl methyl sites for hydroxylation is 7. The Bertz CT molecular complexity index is 7510. The van der Waals surface area contributed by atoms with Crippen LogP contribution in [0.15, 0.2) is 365 Å². The van der Waals surface area contributed by atoms with E-state index >= 15 is 0 Å². The Balaban J connectivity index is 0.0000000894. The number of rotatable bonds is 0. The number of para-hydroxylation sites is 6. The number of benzene rings is 18. The monoisotopic (exact) mass is 1520 g/mol. The summed E-state index contributed by atoms with van der Waals surface area (Å²) in [4.78, 5) is 0. The molecule has 7 heteroatoms. The maximum absolute atomic E-state index is 5.99. The summed E-state index contributed by atoms with van der Waals surface area (Å²) in [5, 5.41) is 28.8. The summed E-state index contributed by atoms with van der Waals surface area (Å²) in [6.07, 6.45) is 0. The predicted molar refractivity (Wildman–Crippen MR) is 498 cm³/mol. The van der Waals surface area contributed by atoms with Gasteiger partial charge in [0.1, 0.15) is 33.5 Å². The second-order valence-electron chi connectivity index (χ2n) is 29.6. The van der Waals surface area contributed by atoms with Crippen LogP contribution in [0, 0.1) is 41.5 Å². The van der Waals surface area contributed by atoms with Crippen molar-refractivity contribution in [3.63, 3.8) is 0 Å². The van der Waals surface area contributed by atoms with Crippen LogP contribution in [-0.4, -0.2) is 4.57 Å². The first-order chi connectivity index (χ1) is 56.0. The van der Waals surface area contributed by atoms with Gasteiger partial charge >= 0.3 is 0 Å². The molecule has 0 aliphatic rings. The quantitative estimate of drug-likeness (QED) is 0.152. The van der Waals surface area contributed by atoms with Crippen molar-refractivity contribution in [2.45, 2.75) is 41.5 Å². The fourth-order valence-electron chi connectivity index (χ4n) is 16.8. The second kappa shape index (κ2) is 30.2. The summed E-state index contributed by atoms with van der Waals surface area (Å²) < 4.78 is 28.4. The van der Waals surface area contributed by atoms with Crippen molar-refractivity contribution in [2.24, 2.45) is 7.05 Å². The summed E-state index contributed by atoms with van der Waals surface area (Å²) in [6, 6.07) is 124. The van der Waals surface area contributed by atoms with E-state index in [9.17, 15) is 0 Å². The first-order valence-corrected chi connectivity index (χ1v) is 41.3. The van der Waals surface area contributed by atoms with Crippen molar-refractivity contribution in [2.75, 3.05) is 0 Å². The first-order valence-electron chi connectivity index (χ1n) is 38.8. The van der Waals surface area contributed by atoms with Gasteiger partial charge in [0.25, 0.3) is 0 Å². The van der Waals surface area contributed by atoms with Crippen LogP contribution in [0.2, 0.25) is 0 Å². The molecule has 0 aliphatic carbocycles.